The third-order valence-electron chi connectivity index (χ3n) is 7.67. The maximum absolute atomic E-state index is 13.3. The molecular formula is C29H28ClNO7. The van der Waals surface area contributed by atoms with Crippen LogP contribution in [0.1, 0.15) is 34.2 Å². The van der Waals surface area contributed by atoms with E-state index in [2.05, 4.69) is 5.32 Å². The summed E-state index contributed by atoms with van der Waals surface area (Å²) in [6.45, 7) is 1.07. The van der Waals surface area contributed by atoms with E-state index in [-0.39, 0.29) is 30.6 Å². The van der Waals surface area contributed by atoms with Crippen LogP contribution in [-0.2, 0) is 16.1 Å². The third kappa shape index (κ3) is 4.08. The largest absolute Gasteiger partial charge is 0.493 e. The summed E-state index contributed by atoms with van der Waals surface area (Å²) in [6.07, 6.45) is 0. The van der Waals surface area contributed by atoms with Crippen LogP contribution in [0, 0.1) is 11.8 Å². The summed E-state index contributed by atoms with van der Waals surface area (Å²) in [7, 11) is 4.73. The Labute approximate surface area is 225 Å². The summed E-state index contributed by atoms with van der Waals surface area (Å²) in [4.78, 5) is 13.3. The average molecular weight is 538 g/mol. The lowest BCUT2D eigenvalue weighted by Gasteiger charge is -2.39. The van der Waals surface area contributed by atoms with E-state index in [0.717, 1.165) is 22.3 Å². The van der Waals surface area contributed by atoms with Gasteiger partial charge in [0, 0.05) is 29.4 Å². The fraction of sp³-hybridized carbons (Fsp3) is 0.345. The molecule has 1 saturated heterocycles. The van der Waals surface area contributed by atoms with Gasteiger partial charge in [0.25, 0.3) is 0 Å². The lowest BCUT2D eigenvalue weighted by Crippen LogP contribution is -2.40. The number of fused-ring (bicyclic) bond motifs is 3. The van der Waals surface area contributed by atoms with E-state index >= 15 is 0 Å². The van der Waals surface area contributed by atoms with Crippen molar-refractivity contribution in [3.8, 4) is 28.7 Å². The zero-order chi connectivity index (χ0) is 26.4. The summed E-state index contributed by atoms with van der Waals surface area (Å²) in [6, 6.07) is 15.4. The normalized spacial score (nSPS) is 22.9. The first kappa shape index (κ1) is 24.7. The van der Waals surface area contributed by atoms with Gasteiger partial charge in [-0.2, -0.15) is 0 Å². The van der Waals surface area contributed by atoms with Crippen molar-refractivity contribution in [2.45, 2.75) is 18.5 Å². The first-order chi connectivity index (χ1) is 18.5. The van der Waals surface area contributed by atoms with E-state index in [1.807, 2.05) is 48.5 Å². The highest BCUT2D eigenvalue weighted by molar-refractivity contribution is 6.30. The van der Waals surface area contributed by atoms with Gasteiger partial charge < -0.3 is 33.7 Å². The number of rotatable bonds is 7. The third-order valence-corrected chi connectivity index (χ3v) is 7.92. The van der Waals surface area contributed by atoms with Gasteiger partial charge in [0.2, 0.25) is 12.5 Å². The molecule has 2 aliphatic heterocycles. The molecule has 0 bridgehead atoms. The van der Waals surface area contributed by atoms with Gasteiger partial charge >= 0.3 is 5.97 Å². The summed E-state index contributed by atoms with van der Waals surface area (Å²) >= 11 is 6.08. The van der Waals surface area contributed by atoms with Gasteiger partial charge in [0.1, 0.15) is 0 Å². The predicted molar refractivity (Wildman–Crippen MR) is 139 cm³/mol. The molecule has 0 unspecified atom stereocenters. The number of methoxy groups -OCH3 is 3. The molecule has 3 aromatic rings. The average Bonchev–Trinajstić information content (AvgIpc) is 3.56. The molecule has 8 nitrogen and oxygen atoms in total. The van der Waals surface area contributed by atoms with Crippen molar-refractivity contribution in [2.75, 3.05) is 34.7 Å². The molecule has 0 spiro atoms. The number of esters is 1. The molecule has 198 valence electrons. The number of halogens is 1. The number of nitrogens with one attached hydrogen (secondary N) is 1. The number of hydrogen-bond acceptors (Lipinski definition) is 8. The first-order valence-electron chi connectivity index (χ1n) is 12.4. The second kappa shape index (κ2) is 9.93. The number of hydrogen-bond donors (Lipinski definition) is 1. The van der Waals surface area contributed by atoms with Crippen molar-refractivity contribution in [1.29, 1.82) is 0 Å². The second-order valence-corrected chi connectivity index (χ2v) is 10.0. The number of cyclic esters (lactones) is 1. The number of carbonyl (C=O) groups is 1. The predicted octanol–water partition coefficient (Wildman–Crippen LogP) is 4.86. The zero-order valence-electron chi connectivity index (χ0n) is 21.3. The van der Waals surface area contributed by atoms with E-state index in [1.54, 1.807) is 21.3 Å². The molecule has 0 aromatic heterocycles. The van der Waals surface area contributed by atoms with Crippen molar-refractivity contribution in [3.63, 3.8) is 0 Å². The molecule has 3 aromatic carbocycles. The highest BCUT2D eigenvalue weighted by Gasteiger charge is 2.52. The summed E-state index contributed by atoms with van der Waals surface area (Å²) in [5.41, 5.74) is 3.97. The van der Waals surface area contributed by atoms with Crippen LogP contribution < -0.4 is 29.0 Å². The molecule has 38 heavy (non-hydrogen) atoms. The standard InChI is InChI=1S/C29H28ClNO7/c1-33-23-8-16(9-24(34-2)28(23)35-3)25-18-10-21-22(38-14-37-21)11-19(18)27(20-13-36-29(32)26(20)25)31-12-15-4-6-17(30)7-5-15/h4-11,20,25-27,31H,12-14H2,1-3H3/t20-,25+,26-,27-/m0/s1. The van der Waals surface area contributed by atoms with E-state index in [0.29, 0.717) is 46.9 Å². The highest BCUT2D eigenvalue weighted by atomic mass is 35.5. The van der Waals surface area contributed by atoms with Crippen LogP contribution in [0.2, 0.25) is 5.02 Å². The van der Waals surface area contributed by atoms with Crippen LogP contribution in [0.25, 0.3) is 0 Å². The van der Waals surface area contributed by atoms with E-state index in [4.69, 9.17) is 40.0 Å². The zero-order valence-corrected chi connectivity index (χ0v) is 22.0. The van der Waals surface area contributed by atoms with Crippen molar-refractivity contribution in [1.82, 2.24) is 5.32 Å². The Hall–Kier alpha value is -3.62. The molecule has 4 atom stereocenters. The van der Waals surface area contributed by atoms with Gasteiger partial charge in [-0.3, -0.25) is 4.79 Å². The monoisotopic (exact) mass is 537 g/mol. The number of ether oxygens (including phenoxy) is 6. The molecule has 1 N–H and O–H groups in total. The summed E-state index contributed by atoms with van der Waals surface area (Å²) in [5, 5.41) is 4.38. The molecule has 2 heterocycles. The van der Waals surface area contributed by atoms with Gasteiger partial charge in [0.15, 0.2) is 23.0 Å². The molecule has 1 aliphatic carbocycles. The highest BCUT2D eigenvalue weighted by Crippen LogP contribution is 2.55. The first-order valence-corrected chi connectivity index (χ1v) is 12.8. The Morgan fingerprint density at radius 1 is 0.895 bits per heavy atom. The molecule has 0 saturated carbocycles. The van der Waals surface area contributed by atoms with E-state index < -0.39 is 5.92 Å². The molecule has 3 aliphatic rings. The Morgan fingerprint density at radius 2 is 1.55 bits per heavy atom. The van der Waals surface area contributed by atoms with E-state index in [9.17, 15) is 4.79 Å². The fourth-order valence-electron chi connectivity index (χ4n) is 5.94. The van der Waals surface area contributed by atoms with Gasteiger partial charge in [-0.15, -0.1) is 0 Å². The lowest BCUT2D eigenvalue weighted by molar-refractivity contribution is -0.141. The van der Waals surface area contributed by atoms with Crippen LogP contribution in [-0.4, -0.2) is 40.7 Å². The Balaban J connectivity index is 1.49. The van der Waals surface area contributed by atoms with Crippen molar-refractivity contribution < 1.29 is 33.2 Å². The van der Waals surface area contributed by atoms with Crippen LogP contribution in [0.4, 0.5) is 0 Å². The topological polar surface area (TPSA) is 84.5 Å². The molecular weight excluding hydrogens is 510 g/mol. The van der Waals surface area contributed by atoms with Gasteiger partial charge in [-0.25, -0.2) is 0 Å². The Morgan fingerprint density at radius 3 is 2.18 bits per heavy atom. The number of carbonyl (C=O) groups excluding carboxylic acids is 1. The smallest absolute Gasteiger partial charge is 0.310 e. The minimum absolute atomic E-state index is 0.105. The Bertz CT molecular complexity index is 1350. The minimum Gasteiger partial charge on any atom is -0.493 e. The Kier molecular flexibility index (Phi) is 6.45. The van der Waals surface area contributed by atoms with Crippen molar-refractivity contribution >= 4 is 17.6 Å². The fourth-order valence-corrected chi connectivity index (χ4v) is 6.06. The summed E-state index contributed by atoms with van der Waals surface area (Å²) < 4.78 is 34.0. The van der Waals surface area contributed by atoms with Crippen LogP contribution in [0.15, 0.2) is 48.5 Å². The van der Waals surface area contributed by atoms with Crippen molar-refractivity contribution in [2.24, 2.45) is 11.8 Å². The molecule has 9 heteroatoms. The quantitative estimate of drug-likeness (QED) is 0.428. The SMILES string of the molecule is COc1cc([C@@H]2c3cc4c(cc3[C@H](NCc3ccc(Cl)cc3)[C@H]3COC(=O)[C@H]23)OCO4)cc(OC)c1OC. The van der Waals surface area contributed by atoms with E-state index in [1.165, 1.54) is 0 Å². The van der Waals surface area contributed by atoms with Gasteiger partial charge in [0.05, 0.1) is 33.9 Å². The van der Waals surface area contributed by atoms with Gasteiger partial charge in [-0.05, 0) is 58.7 Å². The molecule has 0 amide bonds. The molecule has 0 radical (unpaired) electrons. The maximum Gasteiger partial charge on any atom is 0.310 e. The summed E-state index contributed by atoms with van der Waals surface area (Å²) in [5.74, 6) is 1.81. The lowest BCUT2D eigenvalue weighted by atomic mass is 9.65. The van der Waals surface area contributed by atoms with Crippen LogP contribution in [0.5, 0.6) is 28.7 Å². The van der Waals surface area contributed by atoms with Crippen molar-refractivity contribution in [3.05, 3.63) is 75.8 Å². The van der Waals surface area contributed by atoms with Crippen LogP contribution >= 0.6 is 11.6 Å². The van der Waals surface area contributed by atoms with Gasteiger partial charge in [-0.1, -0.05) is 23.7 Å². The minimum atomic E-state index is -0.423. The van der Waals surface area contributed by atoms with Crippen LogP contribution in [0.3, 0.4) is 0 Å². The molecule has 1 fully saturated rings. The molecule has 6 rings (SSSR count). The second-order valence-electron chi connectivity index (χ2n) is 9.58. The maximum atomic E-state index is 13.3. The number of benzene rings is 3.